The van der Waals surface area contributed by atoms with Gasteiger partial charge in [0.1, 0.15) is 0 Å². The maximum absolute atomic E-state index is 12.6. The fraction of sp³-hybridized carbons (Fsp3) is 0.381. The standard InChI is InChI=1S/C21H25ClN2O/c1-16-9-3-4-10-17(16)21(25)23-15-20(24-13-7-2-8-14-24)18-11-5-6-12-19(18)22/h3-6,9-12,20H,2,7-8,13-15H2,1H3,(H,23,25)/t20-/m1/s1. The summed E-state index contributed by atoms with van der Waals surface area (Å²) in [7, 11) is 0. The number of amides is 1. The van der Waals surface area contributed by atoms with Gasteiger partial charge in [0.15, 0.2) is 0 Å². The van der Waals surface area contributed by atoms with Gasteiger partial charge in [0.2, 0.25) is 0 Å². The summed E-state index contributed by atoms with van der Waals surface area (Å²) in [4.78, 5) is 15.1. The highest BCUT2D eigenvalue weighted by molar-refractivity contribution is 6.31. The van der Waals surface area contributed by atoms with Crippen molar-refractivity contribution in [3.05, 3.63) is 70.2 Å². The predicted molar refractivity (Wildman–Crippen MR) is 103 cm³/mol. The molecule has 0 saturated carbocycles. The number of aryl methyl sites for hydroxylation is 1. The second-order valence-corrected chi connectivity index (χ2v) is 7.07. The maximum atomic E-state index is 12.6. The number of hydrogen-bond acceptors (Lipinski definition) is 2. The lowest BCUT2D eigenvalue weighted by Gasteiger charge is -2.35. The third-order valence-corrected chi connectivity index (χ3v) is 5.29. The molecule has 1 aliphatic rings. The average molecular weight is 357 g/mol. The summed E-state index contributed by atoms with van der Waals surface area (Å²) in [5.74, 6) is -0.0211. The van der Waals surface area contributed by atoms with E-state index in [1.165, 1.54) is 19.3 Å². The maximum Gasteiger partial charge on any atom is 0.251 e. The second kappa shape index (κ2) is 8.50. The Bertz CT molecular complexity index is 725. The number of nitrogens with zero attached hydrogens (tertiary/aromatic N) is 1. The van der Waals surface area contributed by atoms with Crippen LogP contribution in [-0.4, -0.2) is 30.4 Å². The van der Waals surface area contributed by atoms with Crippen LogP contribution in [0.4, 0.5) is 0 Å². The molecule has 1 atom stereocenters. The number of rotatable bonds is 5. The van der Waals surface area contributed by atoms with Gasteiger partial charge in [-0.05, 0) is 56.1 Å². The van der Waals surface area contributed by atoms with Crippen LogP contribution in [0.3, 0.4) is 0 Å². The summed E-state index contributed by atoms with van der Waals surface area (Å²) in [6, 6.07) is 15.8. The first-order valence-electron chi connectivity index (χ1n) is 8.99. The number of carbonyl (C=O) groups is 1. The van der Waals surface area contributed by atoms with Crippen molar-refractivity contribution < 1.29 is 4.79 Å². The van der Waals surface area contributed by atoms with Gasteiger partial charge in [-0.2, -0.15) is 0 Å². The first-order valence-corrected chi connectivity index (χ1v) is 9.37. The van der Waals surface area contributed by atoms with Crippen molar-refractivity contribution in [2.45, 2.75) is 32.2 Å². The second-order valence-electron chi connectivity index (χ2n) is 6.66. The predicted octanol–water partition coefficient (Wildman–Crippen LogP) is 4.61. The fourth-order valence-corrected chi connectivity index (χ4v) is 3.79. The zero-order valence-corrected chi connectivity index (χ0v) is 15.4. The molecular formula is C21H25ClN2O. The first-order chi connectivity index (χ1) is 12.2. The minimum atomic E-state index is -0.0211. The Morgan fingerprint density at radius 3 is 2.48 bits per heavy atom. The smallest absolute Gasteiger partial charge is 0.251 e. The molecule has 3 nitrogen and oxygen atoms in total. The molecular weight excluding hydrogens is 332 g/mol. The molecule has 0 spiro atoms. The van der Waals surface area contributed by atoms with Gasteiger partial charge in [0, 0.05) is 17.1 Å². The van der Waals surface area contributed by atoms with Gasteiger partial charge in [-0.25, -0.2) is 0 Å². The molecule has 1 fully saturated rings. The number of benzene rings is 2. The Hall–Kier alpha value is -1.84. The molecule has 25 heavy (non-hydrogen) atoms. The van der Waals surface area contributed by atoms with E-state index in [0.717, 1.165) is 34.8 Å². The van der Waals surface area contributed by atoms with Crippen LogP contribution in [0.25, 0.3) is 0 Å². The summed E-state index contributed by atoms with van der Waals surface area (Å²) in [6.45, 7) is 4.63. The third-order valence-electron chi connectivity index (χ3n) is 4.94. The molecule has 1 heterocycles. The Balaban J connectivity index is 1.77. The topological polar surface area (TPSA) is 32.3 Å². The number of hydrogen-bond donors (Lipinski definition) is 1. The van der Waals surface area contributed by atoms with E-state index in [4.69, 9.17) is 11.6 Å². The molecule has 1 N–H and O–H groups in total. The van der Waals surface area contributed by atoms with Crippen molar-refractivity contribution in [1.82, 2.24) is 10.2 Å². The molecule has 1 aliphatic heterocycles. The summed E-state index contributed by atoms with van der Waals surface area (Å²) in [5, 5.41) is 3.89. The largest absolute Gasteiger partial charge is 0.350 e. The molecule has 0 aliphatic carbocycles. The van der Waals surface area contributed by atoms with Crippen molar-refractivity contribution in [2.24, 2.45) is 0 Å². The molecule has 1 amide bonds. The lowest BCUT2D eigenvalue weighted by molar-refractivity contribution is 0.0924. The Kier molecular flexibility index (Phi) is 6.11. The number of nitrogens with one attached hydrogen (secondary N) is 1. The van der Waals surface area contributed by atoms with Gasteiger partial charge in [0.05, 0.1) is 6.04 Å². The van der Waals surface area contributed by atoms with Crippen LogP contribution in [0.1, 0.15) is 46.8 Å². The van der Waals surface area contributed by atoms with Gasteiger partial charge in [-0.15, -0.1) is 0 Å². The van der Waals surface area contributed by atoms with Crippen molar-refractivity contribution in [2.75, 3.05) is 19.6 Å². The quantitative estimate of drug-likeness (QED) is 0.848. The van der Waals surface area contributed by atoms with Gasteiger partial charge in [-0.3, -0.25) is 9.69 Å². The van der Waals surface area contributed by atoms with Crippen LogP contribution in [0.5, 0.6) is 0 Å². The van der Waals surface area contributed by atoms with Crippen LogP contribution >= 0.6 is 11.6 Å². The third kappa shape index (κ3) is 4.42. The van der Waals surface area contributed by atoms with E-state index in [2.05, 4.69) is 16.3 Å². The summed E-state index contributed by atoms with van der Waals surface area (Å²) >= 11 is 6.46. The fourth-order valence-electron chi connectivity index (χ4n) is 3.52. The van der Waals surface area contributed by atoms with E-state index in [1.54, 1.807) is 0 Å². The van der Waals surface area contributed by atoms with Crippen molar-refractivity contribution in [3.63, 3.8) is 0 Å². The Morgan fingerprint density at radius 2 is 1.76 bits per heavy atom. The monoisotopic (exact) mass is 356 g/mol. The van der Waals surface area contributed by atoms with E-state index in [0.29, 0.717) is 6.54 Å². The lowest BCUT2D eigenvalue weighted by Crippen LogP contribution is -2.40. The molecule has 3 rings (SSSR count). The SMILES string of the molecule is Cc1ccccc1C(=O)NC[C@H](c1ccccc1Cl)N1CCCCC1. The minimum absolute atomic E-state index is 0.0211. The number of piperidine rings is 1. The normalized spacial score (nSPS) is 16.4. The van der Waals surface area contributed by atoms with Crippen molar-refractivity contribution in [3.8, 4) is 0 Å². The molecule has 2 aromatic rings. The number of carbonyl (C=O) groups excluding carboxylic acids is 1. The number of halogens is 1. The highest BCUT2D eigenvalue weighted by Gasteiger charge is 2.24. The summed E-state index contributed by atoms with van der Waals surface area (Å²) < 4.78 is 0. The van der Waals surface area contributed by atoms with Crippen LogP contribution in [0.2, 0.25) is 5.02 Å². The van der Waals surface area contributed by atoms with Crippen molar-refractivity contribution in [1.29, 1.82) is 0 Å². The van der Waals surface area contributed by atoms with E-state index in [-0.39, 0.29) is 11.9 Å². The molecule has 1 saturated heterocycles. The first kappa shape index (κ1) is 18.0. The zero-order chi connectivity index (χ0) is 17.6. The molecule has 0 unspecified atom stereocenters. The van der Waals surface area contributed by atoms with Gasteiger partial charge >= 0.3 is 0 Å². The molecule has 2 aromatic carbocycles. The van der Waals surface area contributed by atoms with E-state index >= 15 is 0 Å². The van der Waals surface area contributed by atoms with Crippen LogP contribution in [0, 0.1) is 6.92 Å². The van der Waals surface area contributed by atoms with Crippen LogP contribution in [-0.2, 0) is 0 Å². The van der Waals surface area contributed by atoms with E-state index in [9.17, 15) is 4.79 Å². The van der Waals surface area contributed by atoms with Gasteiger partial charge in [0.25, 0.3) is 5.91 Å². The molecule has 4 heteroatoms. The molecule has 0 bridgehead atoms. The van der Waals surface area contributed by atoms with Crippen LogP contribution in [0.15, 0.2) is 48.5 Å². The Morgan fingerprint density at radius 1 is 1.08 bits per heavy atom. The summed E-state index contributed by atoms with van der Waals surface area (Å²) in [6.07, 6.45) is 3.68. The molecule has 132 valence electrons. The van der Waals surface area contributed by atoms with Crippen molar-refractivity contribution >= 4 is 17.5 Å². The van der Waals surface area contributed by atoms with Gasteiger partial charge < -0.3 is 5.32 Å². The zero-order valence-electron chi connectivity index (χ0n) is 14.7. The lowest BCUT2D eigenvalue weighted by atomic mass is 10.0. The summed E-state index contributed by atoms with van der Waals surface area (Å²) in [5.41, 5.74) is 2.82. The average Bonchev–Trinajstić information content (AvgIpc) is 2.64. The Labute approximate surface area is 155 Å². The molecule has 0 radical (unpaired) electrons. The molecule has 0 aromatic heterocycles. The van der Waals surface area contributed by atoms with Gasteiger partial charge in [-0.1, -0.05) is 54.4 Å². The minimum Gasteiger partial charge on any atom is -0.350 e. The van der Waals surface area contributed by atoms with E-state index in [1.807, 2.05) is 49.4 Å². The highest BCUT2D eigenvalue weighted by Crippen LogP contribution is 2.29. The highest BCUT2D eigenvalue weighted by atomic mass is 35.5. The van der Waals surface area contributed by atoms with Crippen LogP contribution < -0.4 is 5.32 Å². The number of likely N-dealkylation sites (tertiary alicyclic amines) is 1. The van der Waals surface area contributed by atoms with E-state index < -0.39 is 0 Å².